The first-order chi connectivity index (χ1) is 9.29. The van der Waals surface area contributed by atoms with Gasteiger partial charge < -0.3 is 9.80 Å². The minimum Gasteiger partial charge on any atom is -0.321 e. The van der Waals surface area contributed by atoms with Crippen LogP contribution in [0.4, 0.5) is 9.59 Å². The number of nitrogens with zero attached hydrogens (tertiary/aromatic N) is 4. The summed E-state index contributed by atoms with van der Waals surface area (Å²) in [4.78, 5) is 53.4. The molecule has 0 unspecified atom stereocenters. The van der Waals surface area contributed by atoms with Gasteiger partial charge in [0.05, 0.1) is 23.9 Å². The first kappa shape index (κ1) is 12.9. The van der Waals surface area contributed by atoms with Gasteiger partial charge in [-0.15, -0.1) is 0 Å². The van der Waals surface area contributed by atoms with Gasteiger partial charge in [0.1, 0.15) is 0 Å². The summed E-state index contributed by atoms with van der Waals surface area (Å²) in [5.41, 5.74) is 0. The Hall–Kier alpha value is -2.12. The molecule has 8 nitrogen and oxygen atoms in total. The van der Waals surface area contributed by atoms with Gasteiger partial charge in [0.2, 0.25) is 11.8 Å². The van der Waals surface area contributed by atoms with Gasteiger partial charge in [-0.05, 0) is 0 Å². The molecule has 20 heavy (non-hydrogen) atoms. The second-order valence-electron chi connectivity index (χ2n) is 5.61. The van der Waals surface area contributed by atoms with Crippen LogP contribution in [0.5, 0.6) is 0 Å². The summed E-state index contributed by atoms with van der Waals surface area (Å²) in [6.07, 6.45) is 0. The molecule has 4 atom stereocenters. The maximum Gasteiger partial charge on any atom is 0.326 e. The van der Waals surface area contributed by atoms with E-state index >= 15 is 0 Å². The third-order valence-corrected chi connectivity index (χ3v) is 4.78. The molecule has 0 aromatic carbocycles. The van der Waals surface area contributed by atoms with Crippen molar-refractivity contribution in [1.29, 1.82) is 0 Å². The number of likely N-dealkylation sites (N-methyl/N-ethyl adjacent to an activating group) is 2. The molecule has 0 radical (unpaired) electrons. The quantitative estimate of drug-likeness (QED) is 0.571. The number of amides is 6. The average molecular weight is 280 g/mol. The highest BCUT2D eigenvalue weighted by molar-refractivity contribution is 6.06. The zero-order valence-electron chi connectivity index (χ0n) is 11.7. The predicted octanol–water partition coefficient (Wildman–Crippen LogP) is -0.983. The molecule has 6 amide bonds. The molecular formula is C12H16N4O4. The van der Waals surface area contributed by atoms with Gasteiger partial charge >= 0.3 is 12.1 Å². The minimum absolute atomic E-state index is 0.344. The zero-order chi connectivity index (χ0) is 14.9. The van der Waals surface area contributed by atoms with Crippen LogP contribution in [0, 0.1) is 11.8 Å². The van der Waals surface area contributed by atoms with Crippen molar-refractivity contribution in [2.24, 2.45) is 11.8 Å². The van der Waals surface area contributed by atoms with Crippen molar-refractivity contribution in [3.8, 4) is 0 Å². The van der Waals surface area contributed by atoms with Crippen molar-refractivity contribution >= 4 is 23.9 Å². The SMILES string of the molecule is CN1C(=O)[C@@H]2[C@@H]3C(=O)N(C)C(=O)N(C)[C@@H]3[C@@H]2N(C)C1=O. The Morgan fingerprint density at radius 2 is 0.950 bits per heavy atom. The van der Waals surface area contributed by atoms with E-state index in [1.54, 1.807) is 14.1 Å². The fourth-order valence-electron chi connectivity index (χ4n) is 3.61. The third kappa shape index (κ3) is 1.21. The van der Waals surface area contributed by atoms with E-state index in [-0.39, 0.29) is 11.8 Å². The van der Waals surface area contributed by atoms with Gasteiger partial charge in [0, 0.05) is 28.2 Å². The second kappa shape index (κ2) is 3.71. The van der Waals surface area contributed by atoms with E-state index in [4.69, 9.17) is 0 Å². The largest absolute Gasteiger partial charge is 0.326 e. The Morgan fingerprint density at radius 1 is 0.650 bits per heavy atom. The fraction of sp³-hybridized carbons (Fsp3) is 0.667. The lowest BCUT2D eigenvalue weighted by Gasteiger charge is -2.61. The van der Waals surface area contributed by atoms with Crippen LogP contribution in [0.25, 0.3) is 0 Å². The van der Waals surface area contributed by atoms with Crippen LogP contribution in [-0.2, 0) is 9.59 Å². The molecule has 2 aliphatic heterocycles. The van der Waals surface area contributed by atoms with Gasteiger partial charge in [-0.2, -0.15) is 0 Å². The van der Waals surface area contributed by atoms with Crippen LogP contribution in [0.3, 0.4) is 0 Å². The molecule has 0 aromatic heterocycles. The lowest BCUT2D eigenvalue weighted by Crippen LogP contribution is -2.81. The molecule has 3 fully saturated rings. The monoisotopic (exact) mass is 280 g/mol. The van der Waals surface area contributed by atoms with Crippen molar-refractivity contribution in [2.75, 3.05) is 28.2 Å². The van der Waals surface area contributed by atoms with Crippen molar-refractivity contribution in [3.05, 3.63) is 0 Å². The van der Waals surface area contributed by atoms with Crippen LogP contribution in [0.1, 0.15) is 0 Å². The third-order valence-electron chi connectivity index (χ3n) is 4.78. The first-order valence-electron chi connectivity index (χ1n) is 6.37. The summed E-state index contributed by atoms with van der Waals surface area (Å²) >= 11 is 0. The van der Waals surface area contributed by atoms with E-state index in [9.17, 15) is 19.2 Å². The number of carbonyl (C=O) groups is 4. The predicted molar refractivity (Wildman–Crippen MR) is 66.4 cm³/mol. The summed E-state index contributed by atoms with van der Waals surface area (Å²) in [5.74, 6) is -1.80. The molecular weight excluding hydrogens is 264 g/mol. The van der Waals surface area contributed by atoms with E-state index in [0.29, 0.717) is 0 Å². The molecule has 3 rings (SSSR count). The van der Waals surface area contributed by atoms with Gasteiger partial charge in [-0.25, -0.2) is 9.59 Å². The zero-order valence-corrected chi connectivity index (χ0v) is 11.7. The maximum absolute atomic E-state index is 12.2. The highest BCUT2D eigenvalue weighted by atomic mass is 16.2. The van der Waals surface area contributed by atoms with Crippen molar-refractivity contribution in [1.82, 2.24) is 19.6 Å². The van der Waals surface area contributed by atoms with Gasteiger partial charge in [0.25, 0.3) is 0 Å². The lowest BCUT2D eigenvalue weighted by molar-refractivity contribution is -0.173. The second-order valence-corrected chi connectivity index (χ2v) is 5.61. The molecule has 3 aliphatic rings. The summed E-state index contributed by atoms with van der Waals surface area (Å²) in [5, 5.41) is 0. The number of rotatable bonds is 0. The molecule has 2 heterocycles. The van der Waals surface area contributed by atoms with E-state index in [2.05, 4.69) is 0 Å². The van der Waals surface area contributed by atoms with Crippen LogP contribution in [0.2, 0.25) is 0 Å². The Kier molecular flexibility index (Phi) is 2.39. The van der Waals surface area contributed by atoms with E-state index in [0.717, 1.165) is 9.80 Å². The Balaban J connectivity index is 2.02. The number of urea groups is 2. The van der Waals surface area contributed by atoms with Crippen molar-refractivity contribution < 1.29 is 19.2 Å². The summed E-state index contributed by atoms with van der Waals surface area (Å²) in [7, 11) is 6.02. The van der Waals surface area contributed by atoms with Gasteiger partial charge in [-0.1, -0.05) is 0 Å². The average Bonchev–Trinajstić information content (AvgIpc) is 2.39. The standard InChI is InChI=1S/C12H16N4O4/c1-13-7-5(9(17)15(3)11(13)19)6-8(7)14(2)12(20)16(4)10(6)18/h5-8H,1-4H3/t5-,6+,7-,8+. The minimum atomic E-state index is -0.557. The van der Waals surface area contributed by atoms with Crippen LogP contribution >= 0.6 is 0 Å². The normalized spacial score (nSPS) is 37.0. The number of imide groups is 2. The number of hydrogen-bond donors (Lipinski definition) is 0. The lowest BCUT2D eigenvalue weighted by atomic mass is 9.60. The molecule has 108 valence electrons. The van der Waals surface area contributed by atoms with Crippen molar-refractivity contribution in [2.45, 2.75) is 12.1 Å². The first-order valence-corrected chi connectivity index (χ1v) is 6.37. The van der Waals surface area contributed by atoms with Crippen LogP contribution in [-0.4, -0.2) is 83.8 Å². The van der Waals surface area contributed by atoms with E-state index in [1.165, 1.54) is 23.9 Å². The number of carbonyl (C=O) groups excluding carboxylic acids is 4. The number of fused-ring (bicyclic) bond motifs is 4. The highest BCUT2D eigenvalue weighted by Crippen LogP contribution is 2.47. The Bertz CT molecular complexity index is 500. The van der Waals surface area contributed by atoms with Gasteiger partial charge in [-0.3, -0.25) is 19.4 Å². The highest BCUT2D eigenvalue weighted by Gasteiger charge is 2.68. The summed E-state index contributed by atoms with van der Waals surface area (Å²) in [6, 6.07) is -1.63. The molecule has 8 heteroatoms. The van der Waals surface area contributed by atoms with Crippen molar-refractivity contribution in [3.63, 3.8) is 0 Å². The van der Waals surface area contributed by atoms with Crippen LogP contribution < -0.4 is 0 Å². The van der Waals surface area contributed by atoms with E-state index < -0.39 is 36.0 Å². The molecule has 1 aliphatic carbocycles. The molecule has 0 aromatic rings. The maximum atomic E-state index is 12.2. The van der Waals surface area contributed by atoms with E-state index in [1.807, 2.05) is 0 Å². The smallest absolute Gasteiger partial charge is 0.321 e. The molecule has 2 saturated heterocycles. The number of hydrogen-bond acceptors (Lipinski definition) is 4. The molecule has 0 spiro atoms. The fourth-order valence-corrected chi connectivity index (χ4v) is 3.61. The Morgan fingerprint density at radius 3 is 1.25 bits per heavy atom. The topological polar surface area (TPSA) is 81.2 Å². The Labute approximate surface area is 115 Å². The molecule has 0 N–H and O–H groups in total. The summed E-state index contributed by atoms with van der Waals surface area (Å²) < 4.78 is 0. The molecule has 0 bridgehead atoms. The van der Waals surface area contributed by atoms with Crippen LogP contribution in [0.15, 0.2) is 0 Å². The summed E-state index contributed by atoms with van der Waals surface area (Å²) in [6.45, 7) is 0. The van der Waals surface area contributed by atoms with Gasteiger partial charge in [0.15, 0.2) is 0 Å². The molecule has 1 saturated carbocycles.